The average molecular weight is 643 g/mol. The molecule has 246 valence electrons. The van der Waals surface area contributed by atoms with Gasteiger partial charge in [0.15, 0.2) is 11.4 Å². The van der Waals surface area contributed by atoms with Crippen molar-refractivity contribution >= 4 is 34.8 Å². The Hall–Kier alpha value is -4.96. The van der Waals surface area contributed by atoms with Gasteiger partial charge in [0.2, 0.25) is 11.7 Å². The van der Waals surface area contributed by atoms with Crippen LogP contribution in [0.4, 0.5) is 5.69 Å². The number of aromatic hydroxyl groups is 1. The summed E-state index contributed by atoms with van der Waals surface area (Å²) in [5.41, 5.74) is 0.767. The van der Waals surface area contributed by atoms with Crippen LogP contribution < -0.4 is 11.1 Å². The second-order valence-corrected chi connectivity index (χ2v) is 13.5. The Bertz CT molecular complexity index is 1870. The Labute approximate surface area is 272 Å². The zero-order valence-electron chi connectivity index (χ0n) is 27.1. The van der Waals surface area contributed by atoms with Gasteiger partial charge in [-0.05, 0) is 83.0 Å². The maximum absolute atomic E-state index is 14.4. The molecule has 4 atom stereocenters. The minimum atomic E-state index is -2.79. The van der Waals surface area contributed by atoms with Crippen molar-refractivity contribution in [2.24, 2.45) is 16.6 Å². The lowest BCUT2D eigenvalue weighted by atomic mass is 9.46. The fourth-order valence-corrected chi connectivity index (χ4v) is 7.70. The number of nitrogens with two attached hydrogens (primary N) is 1. The number of benzene rings is 2. The zero-order chi connectivity index (χ0) is 34.8. The van der Waals surface area contributed by atoms with E-state index in [9.17, 15) is 39.6 Å². The first-order valence-corrected chi connectivity index (χ1v) is 14.9. The smallest absolute Gasteiger partial charge is 0.255 e. The van der Waals surface area contributed by atoms with Crippen molar-refractivity contribution in [2.75, 3.05) is 40.1 Å². The number of carbonyl (C=O) groups is 4. The van der Waals surface area contributed by atoms with Crippen molar-refractivity contribution in [3.63, 3.8) is 0 Å². The maximum atomic E-state index is 14.4. The number of nitrogens with zero attached hydrogens (tertiary/aromatic N) is 2. The topological polar surface area (TPSA) is 194 Å². The van der Waals surface area contributed by atoms with E-state index in [1.165, 1.54) is 17.9 Å². The summed E-state index contributed by atoms with van der Waals surface area (Å²) in [4.78, 5) is 55.5. The van der Waals surface area contributed by atoms with Gasteiger partial charge < -0.3 is 36.4 Å². The number of phenols is 1. The summed E-state index contributed by atoms with van der Waals surface area (Å²) < 4.78 is 0. The number of aliphatic hydroxyl groups is 3. The van der Waals surface area contributed by atoms with Crippen LogP contribution in [0.3, 0.4) is 0 Å². The molecule has 12 heteroatoms. The van der Waals surface area contributed by atoms with Crippen LogP contribution in [-0.4, -0.2) is 100.0 Å². The number of amides is 2. The Kier molecular flexibility index (Phi) is 8.09. The van der Waals surface area contributed by atoms with E-state index in [0.29, 0.717) is 22.4 Å². The van der Waals surface area contributed by atoms with Gasteiger partial charge in [-0.3, -0.25) is 24.1 Å². The third-order valence-corrected chi connectivity index (χ3v) is 9.49. The van der Waals surface area contributed by atoms with Gasteiger partial charge in [-0.1, -0.05) is 25.7 Å². The van der Waals surface area contributed by atoms with E-state index in [-0.39, 0.29) is 42.2 Å². The number of hydrogen-bond acceptors (Lipinski definition) is 10. The first-order valence-electron chi connectivity index (χ1n) is 14.9. The monoisotopic (exact) mass is 642 g/mol. The lowest BCUT2D eigenvalue weighted by Crippen LogP contribution is -2.72. The van der Waals surface area contributed by atoms with Gasteiger partial charge in [-0.2, -0.15) is 0 Å². The number of ketones is 2. The fourth-order valence-electron chi connectivity index (χ4n) is 7.70. The standard InChI is InChI=1S/C35H38N4O8/c1-33-15-21-19(10-7-18-8-12-20(13-9-18)37-23(41)16-38(3)4)11-14-22(40)24(21)27(42)26(33)31(45)35(47)30(44)25(32(36)46)28(43)29(39(5)6)34(35,2)17-33/h8-9,11-14,29,40,42,44,47H,15-17H2,1-6H3,(H2,36,46)(H,37,41)/t29-,33+,34+,35-/m1/s1. The summed E-state index contributed by atoms with van der Waals surface area (Å²) >= 11 is 0. The van der Waals surface area contributed by atoms with Crippen molar-refractivity contribution in [2.45, 2.75) is 38.3 Å². The first-order chi connectivity index (χ1) is 21.9. The predicted octanol–water partition coefficient (Wildman–Crippen LogP) is 1.64. The number of aliphatic hydroxyl groups excluding tert-OH is 2. The average Bonchev–Trinajstić information content (AvgIpc) is 2.94. The van der Waals surface area contributed by atoms with Crippen LogP contribution in [0.2, 0.25) is 0 Å². The van der Waals surface area contributed by atoms with E-state index >= 15 is 0 Å². The maximum Gasteiger partial charge on any atom is 0.255 e. The molecule has 47 heavy (non-hydrogen) atoms. The van der Waals surface area contributed by atoms with Crippen LogP contribution in [0, 0.1) is 22.7 Å². The summed E-state index contributed by atoms with van der Waals surface area (Å²) in [5.74, 6) is 0.703. The SMILES string of the molecule is CN(C)CC(=O)Nc1ccc(C#Cc2ccc(O)c3c2C[C@@]2(C)C[C@@]4(C)[C@H](N(C)C)C(=O)C(C(N)=O)=C(O)[C@@]4(O)C(=O)C2=C3O)cc1. The number of likely N-dealkylation sites (N-methyl/N-ethyl adjacent to an activating group) is 2. The number of carbonyl (C=O) groups excluding carboxylic acids is 4. The summed E-state index contributed by atoms with van der Waals surface area (Å²) in [6.45, 7) is 3.43. The lowest BCUT2D eigenvalue weighted by Gasteiger charge is -2.59. The van der Waals surface area contributed by atoms with Crippen molar-refractivity contribution in [3.8, 4) is 17.6 Å². The second kappa shape index (κ2) is 11.4. The molecule has 0 bridgehead atoms. The Morgan fingerprint density at radius 2 is 1.64 bits per heavy atom. The van der Waals surface area contributed by atoms with E-state index in [0.717, 1.165) is 0 Å². The molecule has 1 fully saturated rings. The number of phenolic OH excluding ortho intramolecular Hbond substituents is 1. The molecule has 3 aliphatic rings. The first kappa shape index (κ1) is 33.4. The molecule has 3 aliphatic carbocycles. The molecule has 0 unspecified atom stereocenters. The zero-order valence-corrected chi connectivity index (χ0v) is 27.1. The summed E-state index contributed by atoms with van der Waals surface area (Å²) in [5, 5.41) is 48.7. The molecular formula is C35H38N4O8. The van der Waals surface area contributed by atoms with Gasteiger partial charge in [0.25, 0.3) is 5.91 Å². The van der Waals surface area contributed by atoms with Gasteiger partial charge in [0.05, 0.1) is 18.2 Å². The molecule has 5 rings (SSSR count). The molecule has 0 spiro atoms. The van der Waals surface area contributed by atoms with Gasteiger partial charge in [-0.25, -0.2) is 0 Å². The van der Waals surface area contributed by atoms with Crippen molar-refractivity contribution < 1.29 is 39.6 Å². The third kappa shape index (κ3) is 5.07. The molecule has 0 heterocycles. The highest BCUT2D eigenvalue weighted by molar-refractivity contribution is 6.25. The number of Topliss-reactive ketones (excluding diaryl/α,β-unsaturated/α-hetero) is 2. The highest BCUT2D eigenvalue weighted by atomic mass is 16.3. The van der Waals surface area contributed by atoms with Gasteiger partial charge in [0.1, 0.15) is 22.8 Å². The number of primary amides is 1. The fraction of sp³-hybridized carbons (Fsp3) is 0.371. The van der Waals surface area contributed by atoms with E-state index in [4.69, 9.17) is 5.73 Å². The van der Waals surface area contributed by atoms with E-state index in [1.807, 2.05) is 0 Å². The van der Waals surface area contributed by atoms with Crippen LogP contribution in [-0.2, 0) is 25.6 Å². The van der Waals surface area contributed by atoms with Crippen LogP contribution in [0.1, 0.15) is 42.5 Å². The Morgan fingerprint density at radius 1 is 1.00 bits per heavy atom. The molecule has 2 aromatic rings. The van der Waals surface area contributed by atoms with Crippen LogP contribution in [0.5, 0.6) is 5.75 Å². The highest BCUT2D eigenvalue weighted by Gasteiger charge is 2.72. The van der Waals surface area contributed by atoms with Crippen molar-refractivity contribution in [1.82, 2.24) is 9.80 Å². The molecule has 0 aromatic heterocycles. The molecule has 0 aliphatic heterocycles. The van der Waals surface area contributed by atoms with Crippen LogP contribution in [0.15, 0.2) is 53.3 Å². The van der Waals surface area contributed by atoms with Crippen LogP contribution in [0.25, 0.3) is 5.76 Å². The Morgan fingerprint density at radius 3 is 2.21 bits per heavy atom. The summed E-state index contributed by atoms with van der Waals surface area (Å²) in [6, 6.07) is 8.62. The summed E-state index contributed by atoms with van der Waals surface area (Å²) in [6.07, 6.45) is -0.00875. The number of nitrogens with one attached hydrogen (secondary N) is 1. The highest BCUT2D eigenvalue weighted by Crippen LogP contribution is 2.63. The molecule has 2 amide bonds. The molecule has 7 N–H and O–H groups in total. The number of hydrogen-bond donors (Lipinski definition) is 6. The molecule has 0 radical (unpaired) electrons. The van der Waals surface area contributed by atoms with E-state index < -0.39 is 57.0 Å². The number of fused-ring (bicyclic) bond motifs is 3. The normalized spacial score (nSPS) is 26.8. The quantitative estimate of drug-likeness (QED) is 0.206. The third-order valence-electron chi connectivity index (χ3n) is 9.49. The van der Waals surface area contributed by atoms with Crippen LogP contribution >= 0.6 is 0 Å². The number of anilines is 1. The molecule has 12 nitrogen and oxygen atoms in total. The van der Waals surface area contributed by atoms with E-state index in [2.05, 4.69) is 17.2 Å². The molecule has 0 saturated heterocycles. The lowest BCUT2D eigenvalue weighted by molar-refractivity contribution is -0.176. The predicted molar refractivity (Wildman–Crippen MR) is 173 cm³/mol. The minimum absolute atomic E-state index is 0.0431. The summed E-state index contributed by atoms with van der Waals surface area (Å²) in [7, 11) is 6.70. The van der Waals surface area contributed by atoms with Gasteiger partial charge in [-0.15, -0.1) is 0 Å². The minimum Gasteiger partial charge on any atom is -0.508 e. The molecule has 2 aromatic carbocycles. The van der Waals surface area contributed by atoms with Gasteiger partial charge >= 0.3 is 0 Å². The van der Waals surface area contributed by atoms with E-state index in [1.54, 1.807) is 70.3 Å². The van der Waals surface area contributed by atoms with Crippen molar-refractivity contribution in [1.29, 1.82) is 0 Å². The Balaban J connectivity index is 1.61. The molecule has 1 saturated carbocycles. The largest absolute Gasteiger partial charge is 0.508 e. The number of rotatable bonds is 5. The van der Waals surface area contributed by atoms with Gasteiger partial charge in [0, 0.05) is 33.2 Å². The second-order valence-electron chi connectivity index (χ2n) is 13.5. The molecular weight excluding hydrogens is 604 g/mol. The van der Waals surface area contributed by atoms with Crippen molar-refractivity contribution in [3.05, 3.63) is 75.6 Å².